The van der Waals surface area contributed by atoms with Crippen LogP contribution in [0.15, 0.2) is 18.2 Å². The summed E-state index contributed by atoms with van der Waals surface area (Å²) in [5.74, 6) is -0.0688. The first kappa shape index (κ1) is 16.0. The number of hydrogen-bond donors (Lipinski definition) is 3. The standard InChI is InChI=1S/C14H19ClN2O4/c15-12-2-1-10(7-13(12)16-8-11(19)9-18)14(20)17-3-5-21-6-4-17/h1-2,7,11,16,18-19H,3-6,8-9H2. The molecule has 1 unspecified atom stereocenters. The van der Waals surface area contributed by atoms with Crippen molar-refractivity contribution in [1.82, 2.24) is 4.90 Å². The van der Waals surface area contributed by atoms with Crippen molar-refractivity contribution in [2.24, 2.45) is 0 Å². The van der Waals surface area contributed by atoms with Gasteiger partial charge >= 0.3 is 0 Å². The predicted molar refractivity (Wildman–Crippen MR) is 79.8 cm³/mol. The summed E-state index contributed by atoms with van der Waals surface area (Å²) in [6, 6.07) is 4.97. The number of rotatable bonds is 5. The fourth-order valence-electron chi connectivity index (χ4n) is 2.04. The molecule has 0 aliphatic carbocycles. The van der Waals surface area contributed by atoms with Crippen LogP contribution in [-0.2, 0) is 4.74 Å². The summed E-state index contributed by atoms with van der Waals surface area (Å²) < 4.78 is 5.23. The molecule has 1 aromatic carbocycles. The van der Waals surface area contributed by atoms with E-state index in [0.29, 0.717) is 42.6 Å². The van der Waals surface area contributed by atoms with E-state index in [-0.39, 0.29) is 19.1 Å². The van der Waals surface area contributed by atoms with Gasteiger partial charge in [-0.1, -0.05) is 11.6 Å². The van der Waals surface area contributed by atoms with E-state index in [1.54, 1.807) is 23.1 Å². The first-order chi connectivity index (χ1) is 10.1. The van der Waals surface area contributed by atoms with Crippen LogP contribution in [0.1, 0.15) is 10.4 Å². The number of nitrogens with zero attached hydrogens (tertiary/aromatic N) is 1. The number of ether oxygens (including phenoxy) is 1. The summed E-state index contributed by atoms with van der Waals surface area (Å²) in [7, 11) is 0. The Morgan fingerprint density at radius 1 is 1.43 bits per heavy atom. The molecule has 0 aromatic heterocycles. The van der Waals surface area contributed by atoms with Crippen LogP contribution in [0, 0.1) is 0 Å². The van der Waals surface area contributed by atoms with E-state index in [9.17, 15) is 9.90 Å². The quantitative estimate of drug-likeness (QED) is 0.740. The summed E-state index contributed by atoms with van der Waals surface area (Å²) in [6.07, 6.45) is -0.875. The Hall–Kier alpha value is -1.34. The maximum absolute atomic E-state index is 12.4. The molecule has 0 bridgehead atoms. The average Bonchev–Trinajstić information content (AvgIpc) is 2.54. The molecule has 1 aliphatic heterocycles. The van der Waals surface area contributed by atoms with Crippen molar-refractivity contribution in [2.75, 3.05) is 44.8 Å². The van der Waals surface area contributed by atoms with Crippen LogP contribution < -0.4 is 5.32 Å². The number of aliphatic hydroxyl groups excluding tert-OH is 2. The number of nitrogens with one attached hydrogen (secondary N) is 1. The summed E-state index contributed by atoms with van der Waals surface area (Å²) in [5, 5.41) is 21.5. The molecule has 1 atom stereocenters. The Labute approximate surface area is 128 Å². The number of carbonyl (C=O) groups is 1. The molecule has 1 heterocycles. The molecule has 2 rings (SSSR count). The molecule has 0 radical (unpaired) electrons. The second kappa shape index (κ2) is 7.61. The number of amides is 1. The topological polar surface area (TPSA) is 82.0 Å². The van der Waals surface area contributed by atoms with Gasteiger partial charge in [-0.25, -0.2) is 0 Å². The lowest BCUT2D eigenvalue weighted by molar-refractivity contribution is 0.0303. The zero-order valence-corrected chi connectivity index (χ0v) is 12.3. The maximum atomic E-state index is 12.4. The summed E-state index contributed by atoms with van der Waals surface area (Å²) >= 11 is 6.06. The third-order valence-electron chi connectivity index (χ3n) is 3.25. The van der Waals surface area contributed by atoms with Crippen LogP contribution >= 0.6 is 11.6 Å². The van der Waals surface area contributed by atoms with Crippen molar-refractivity contribution >= 4 is 23.2 Å². The molecule has 1 fully saturated rings. The number of hydrogen-bond acceptors (Lipinski definition) is 5. The molecule has 6 nitrogen and oxygen atoms in total. The van der Waals surface area contributed by atoms with E-state index in [1.165, 1.54) is 0 Å². The average molecular weight is 315 g/mol. The van der Waals surface area contributed by atoms with Gasteiger partial charge in [-0.3, -0.25) is 4.79 Å². The normalized spacial score (nSPS) is 16.6. The zero-order valence-electron chi connectivity index (χ0n) is 11.6. The maximum Gasteiger partial charge on any atom is 0.254 e. The lowest BCUT2D eigenvalue weighted by Crippen LogP contribution is -2.40. The highest BCUT2D eigenvalue weighted by Crippen LogP contribution is 2.24. The zero-order chi connectivity index (χ0) is 15.2. The van der Waals surface area contributed by atoms with Gasteiger partial charge in [0.15, 0.2) is 0 Å². The molecule has 1 aliphatic rings. The molecule has 1 amide bonds. The fourth-order valence-corrected chi connectivity index (χ4v) is 2.22. The van der Waals surface area contributed by atoms with Crippen molar-refractivity contribution in [3.05, 3.63) is 28.8 Å². The first-order valence-corrected chi connectivity index (χ1v) is 7.19. The summed E-state index contributed by atoms with van der Waals surface area (Å²) in [4.78, 5) is 14.1. The molecule has 1 saturated heterocycles. The van der Waals surface area contributed by atoms with Gasteiger partial charge in [0.05, 0.1) is 36.6 Å². The van der Waals surface area contributed by atoms with Crippen LogP contribution in [-0.4, -0.2) is 66.6 Å². The van der Waals surface area contributed by atoms with Gasteiger partial charge in [0, 0.05) is 25.2 Å². The Balaban J connectivity index is 2.08. The molecule has 0 spiro atoms. The van der Waals surface area contributed by atoms with Gasteiger partial charge in [0.2, 0.25) is 0 Å². The molecule has 7 heteroatoms. The number of halogens is 1. The molecule has 1 aromatic rings. The van der Waals surface area contributed by atoms with Gasteiger partial charge in [0.25, 0.3) is 5.91 Å². The number of carbonyl (C=O) groups excluding carboxylic acids is 1. The number of aliphatic hydroxyl groups is 2. The molecule has 21 heavy (non-hydrogen) atoms. The van der Waals surface area contributed by atoms with E-state index in [4.69, 9.17) is 21.4 Å². The molecule has 116 valence electrons. The Bertz CT molecular complexity index is 492. The van der Waals surface area contributed by atoms with Crippen LogP contribution in [0.4, 0.5) is 5.69 Å². The highest BCUT2D eigenvalue weighted by atomic mass is 35.5. The smallest absolute Gasteiger partial charge is 0.254 e. The summed E-state index contributed by atoms with van der Waals surface area (Å²) in [5.41, 5.74) is 1.09. The number of morpholine rings is 1. The van der Waals surface area contributed by atoms with E-state index in [1.807, 2.05) is 0 Å². The lowest BCUT2D eigenvalue weighted by Gasteiger charge is -2.27. The lowest BCUT2D eigenvalue weighted by atomic mass is 10.1. The van der Waals surface area contributed by atoms with Gasteiger partial charge < -0.3 is 25.2 Å². The minimum atomic E-state index is -0.875. The third kappa shape index (κ3) is 4.31. The highest BCUT2D eigenvalue weighted by molar-refractivity contribution is 6.33. The van der Waals surface area contributed by atoms with E-state index in [2.05, 4.69) is 5.32 Å². The summed E-state index contributed by atoms with van der Waals surface area (Å²) in [6.45, 7) is 2.07. The van der Waals surface area contributed by atoms with Crippen LogP contribution in [0.5, 0.6) is 0 Å². The van der Waals surface area contributed by atoms with Crippen molar-refractivity contribution in [1.29, 1.82) is 0 Å². The van der Waals surface area contributed by atoms with Crippen molar-refractivity contribution in [3.63, 3.8) is 0 Å². The Morgan fingerprint density at radius 2 is 2.14 bits per heavy atom. The number of anilines is 1. The number of benzene rings is 1. The minimum Gasteiger partial charge on any atom is -0.394 e. The second-order valence-electron chi connectivity index (χ2n) is 4.82. The first-order valence-electron chi connectivity index (χ1n) is 6.81. The van der Waals surface area contributed by atoms with E-state index >= 15 is 0 Å². The van der Waals surface area contributed by atoms with Crippen LogP contribution in [0.3, 0.4) is 0 Å². The van der Waals surface area contributed by atoms with Crippen LogP contribution in [0.2, 0.25) is 5.02 Å². The molecular weight excluding hydrogens is 296 g/mol. The third-order valence-corrected chi connectivity index (χ3v) is 3.58. The van der Waals surface area contributed by atoms with E-state index < -0.39 is 6.10 Å². The fraction of sp³-hybridized carbons (Fsp3) is 0.500. The molecular formula is C14H19ClN2O4. The largest absolute Gasteiger partial charge is 0.394 e. The Kier molecular flexibility index (Phi) is 5.81. The highest BCUT2D eigenvalue weighted by Gasteiger charge is 2.19. The van der Waals surface area contributed by atoms with Crippen molar-refractivity contribution in [2.45, 2.75) is 6.10 Å². The molecule has 3 N–H and O–H groups in total. The predicted octanol–water partition coefficient (Wildman–Crippen LogP) is 0.577. The second-order valence-corrected chi connectivity index (χ2v) is 5.22. The Morgan fingerprint density at radius 3 is 2.81 bits per heavy atom. The van der Waals surface area contributed by atoms with Gasteiger partial charge in [-0.05, 0) is 18.2 Å². The van der Waals surface area contributed by atoms with E-state index in [0.717, 1.165) is 0 Å². The SMILES string of the molecule is O=C(c1ccc(Cl)c(NCC(O)CO)c1)N1CCOCC1. The minimum absolute atomic E-state index is 0.0688. The van der Waals surface area contributed by atoms with Gasteiger partial charge in [0.1, 0.15) is 0 Å². The van der Waals surface area contributed by atoms with Gasteiger partial charge in [-0.2, -0.15) is 0 Å². The van der Waals surface area contributed by atoms with Gasteiger partial charge in [-0.15, -0.1) is 0 Å². The monoisotopic (exact) mass is 314 g/mol. The van der Waals surface area contributed by atoms with Crippen LogP contribution in [0.25, 0.3) is 0 Å². The van der Waals surface area contributed by atoms with Crippen molar-refractivity contribution in [3.8, 4) is 0 Å². The molecule has 0 saturated carbocycles. The van der Waals surface area contributed by atoms with Crippen molar-refractivity contribution < 1.29 is 19.7 Å².